The monoisotopic (exact) mass is 196 g/mol. The van der Waals surface area contributed by atoms with Gasteiger partial charge in [0, 0.05) is 5.57 Å². The minimum Gasteiger partial charge on any atom is -0.460 e. The maximum atomic E-state index is 11.2. The van der Waals surface area contributed by atoms with E-state index in [2.05, 4.69) is 6.58 Å². The molecular weight excluding hydrogens is 180 g/mol. The number of hydrogen-bond donors (Lipinski definition) is 0. The van der Waals surface area contributed by atoms with Crippen molar-refractivity contribution in [3.05, 3.63) is 18.2 Å². The van der Waals surface area contributed by atoms with E-state index in [0.717, 1.165) is 0 Å². The second-order valence-electron chi connectivity index (χ2n) is 3.96. The van der Waals surface area contributed by atoms with Crippen LogP contribution >= 0.6 is 0 Å². The van der Waals surface area contributed by atoms with Gasteiger partial charge in [-0.1, -0.05) is 6.08 Å². The molecule has 0 aliphatic carbocycles. The number of allylic oxidation sites excluding steroid dienone is 1. The molecule has 0 aliphatic rings. The lowest BCUT2D eigenvalue weighted by Gasteiger charge is -2.19. The van der Waals surface area contributed by atoms with E-state index in [9.17, 15) is 9.59 Å². The summed E-state index contributed by atoms with van der Waals surface area (Å²) < 4.78 is 5.04. The maximum Gasteiger partial charge on any atom is 0.311 e. The third kappa shape index (κ3) is 6.21. The number of carbonyl (C=O) groups excluding carboxylic acids is 2. The van der Waals surface area contributed by atoms with Crippen LogP contribution in [0.3, 0.4) is 0 Å². The van der Waals surface area contributed by atoms with Crippen LogP contribution in [0.15, 0.2) is 18.2 Å². The highest BCUT2D eigenvalue weighted by atomic mass is 16.6. The van der Waals surface area contributed by atoms with Crippen molar-refractivity contribution < 1.29 is 14.3 Å². The van der Waals surface area contributed by atoms with Crippen LogP contribution < -0.4 is 0 Å². The quantitative estimate of drug-likeness (QED) is 0.392. The number of carbonyl (C=O) groups is 1. The fourth-order valence-corrected chi connectivity index (χ4v) is 0.876. The molecule has 0 rings (SSSR count). The predicted molar refractivity (Wildman–Crippen MR) is 54.5 cm³/mol. The van der Waals surface area contributed by atoms with Crippen LogP contribution in [0.4, 0.5) is 0 Å². The topological polar surface area (TPSA) is 43.4 Å². The standard InChI is InChI=1S/C11H16O3/c1-5-6-9(8-12)7-10(13)14-11(2,3)4/h5H,1,6-7H2,2-4H3. The van der Waals surface area contributed by atoms with Crippen LogP contribution in [0.2, 0.25) is 0 Å². The Hall–Kier alpha value is -1.34. The second-order valence-corrected chi connectivity index (χ2v) is 3.96. The molecule has 0 aromatic heterocycles. The van der Waals surface area contributed by atoms with Crippen molar-refractivity contribution in [2.24, 2.45) is 0 Å². The van der Waals surface area contributed by atoms with Crippen molar-refractivity contribution in [3.63, 3.8) is 0 Å². The Labute approximate surface area is 84.4 Å². The van der Waals surface area contributed by atoms with Gasteiger partial charge in [-0.05, 0) is 27.2 Å². The molecule has 3 nitrogen and oxygen atoms in total. The Morgan fingerprint density at radius 3 is 2.43 bits per heavy atom. The molecule has 0 aromatic rings. The van der Waals surface area contributed by atoms with Crippen molar-refractivity contribution >= 4 is 11.9 Å². The molecule has 0 fully saturated rings. The molecule has 0 saturated carbocycles. The fourth-order valence-electron chi connectivity index (χ4n) is 0.876. The number of ether oxygens (including phenoxy) is 1. The van der Waals surface area contributed by atoms with Gasteiger partial charge < -0.3 is 4.74 Å². The summed E-state index contributed by atoms with van der Waals surface area (Å²) in [6.45, 7) is 8.82. The van der Waals surface area contributed by atoms with E-state index < -0.39 is 11.6 Å². The maximum absolute atomic E-state index is 11.2. The zero-order valence-electron chi connectivity index (χ0n) is 8.92. The van der Waals surface area contributed by atoms with Crippen LogP contribution in [-0.4, -0.2) is 17.5 Å². The molecular formula is C11H16O3. The van der Waals surface area contributed by atoms with E-state index >= 15 is 0 Å². The van der Waals surface area contributed by atoms with E-state index in [0.29, 0.717) is 12.0 Å². The van der Waals surface area contributed by atoms with E-state index in [4.69, 9.17) is 4.74 Å². The summed E-state index contributed by atoms with van der Waals surface area (Å²) in [4.78, 5) is 21.6. The van der Waals surface area contributed by atoms with Gasteiger partial charge in [0.25, 0.3) is 0 Å². The van der Waals surface area contributed by atoms with E-state index in [1.807, 2.05) is 0 Å². The second kappa shape index (κ2) is 5.40. The molecule has 0 aliphatic heterocycles. The first-order valence-electron chi connectivity index (χ1n) is 4.44. The Balaban J connectivity index is 4.18. The van der Waals surface area contributed by atoms with Crippen LogP contribution in [0.5, 0.6) is 0 Å². The first-order valence-corrected chi connectivity index (χ1v) is 4.44. The van der Waals surface area contributed by atoms with Gasteiger partial charge in [-0.3, -0.25) is 4.79 Å². The van der Waals surface area contributed by atoms with Gasteiger partial charge >= 0.3 is 5.97 Å². The van der Waals surface area contributed by atoms with Crippen LogP contribution in [-0.2, 0) is 14.3 Å². The van der Waals surface area contributed by atoms with Crippen LogP contribution in [0.25, 0.3) is 0 Å². The molecule has 0 N–H and O–H groups in total. The number of rotatable bonds is 4. The Morgan fingerprint density at radius 1 is 1.50 bits per heavy atom. The molecule has 0 amide bonds. The van der Waals surface area contributed by atoms with Crippen molar-refractivity contribution in [1.82, 2.24) is 0 Å². The van der Waals surface area contributed by atoms with Crippen molar-refractivity contribution in [2.45, 2.75) is 39.2 Å². The van der Waals surface area contributed by atoms with Gasteiger partial charge in [0.15, 0.2) is 0 Å². The van der Waals surface area contributed by atoms with Crippen LogP contribution in [0, 0.1) is 0 Å². The molecule has 3 heteroatoms. The molecule has 0 radical (unpaired) electrons. The lowest BCUT2D eigenvalue weighted by molar-refractivity contribution is -0.153. The van der Waals surface area contributed by atoms with Gasteiger partial charge in [0.05, 0.1) is 6.42 Å². The summed E-state index contributed by atoms with van der Waals surface area (Å²) in [6, 6.07) is 0. The molecule has 78 valence electrons. The number of hydrogen-bond acceptors (Lipinski definition) is 3. The van der Waals surface area contributed by atoms with Crippen molar-refractivity contribution in [3.8, 4) is 0 Å². The smallest absolute Gasteiger partial charge is 0.311 e. The van der Waals surface area contributed by atoms with Crippen LogP contribution in [0.1, 0.15) is 33.6 Å². The Bertz CT molecular complexity index is 265. The summed E-state index contributed by atoms with van der Waals surface area (Å²) in [7, 11) is 0. The van der Waals surface area contributed by atoms with E-state index in [-0.39, 0.29) is 6.42 Å². The molecule has 0 spiro atoms. The zero-order valence-corrected chi connectivity index (χ0v) is 8.92. The first-order chi connectivity index (χ1) is 6.39. The van der Waals surface area contributed by atoms with Gasteiger partial charge in [-0.25, -0.2) is 4.79 Å². The molecule has 0 bridgehead atoms. The highest BCUT2D eigenvalue weighted by Crippen LogP contribution is 2.11. The lowest BCUT2D eigenvalue weighted by atomic mass is 10.1. The molecule has 0 atom stereocenters. The average Bonchev–Trinajstić information content (AvgIpc) is 2.00. The third-order valence-corrected chi connectivity index (χ3v) is 1.31. The molecule has 0 unspecified atom stereocenters. The molecule has 14 heavy (non-hydrogen) atoms. The number of esters is 1. The summed E-state index contributed by atoms with van der Waals surface area (Å²) in [5.41, 5.74) is -0.145. The molecule has 0 saturated heterocycles. The van der Waals surface area contributed by atoms with E-state index in [1.54, 1.807) is 32.8 Å². The Morgan fingerprint density at radius 2 is 2.07 bits per heavy atom. The normalized spacial score (nSPS) is 10.2. The Kier molecular flexibility index (Phi) is 4.89. The minimum absolute atomic E-state index is 0.00715. The highest BCUT2D eigenvalue weighted by molar-refractivity contribution is 5.76. The van der Waals surface area contributed by atoms with Gasteiger partial charge in [-0.2, -0.15) is 0 Å². The SMILES string of the molecule is C=CCC(=C=O)CC(=O)OC(C)(C)C. The predicted octanol–water partition coefficient (Wildman–Crippen LogP) is 2.05. The van der Waals surface area contributed by atoms with Gasteiger partial charge in [0.2, 0.25) is 0 Å². The summed E-state index contributed by atoms with van der Waals surface area (Å²) in [5, 5.41) is 0. The third-order valence-electron chi connectivity index (χ3n) is 1.31. The lowest BCUT2D eigenvalue weighted by Crippen LogP contribution is -2.24. The minimum atomic E-state index is -0.515. The van der Waals surface area contributed by atoms with Gasteiger partial charge in [-0.15, -0.1) is 6.58 Å². The van der Waals surface area contributed by atoms with Crippen molar-refractivity contribution in [2.75, 3.05) is 0 Å². The summed E-state index contributed by atoms with van der Waals surface area (Å²) in [5.74, 6) is 1.31. The fraction of sp³-hybridized carbons (Fsp3) is 0.545. The summed E-state index contributed by atoms with van der Waals surface area (Å²) in [6.07, 6.45) is 1.93. The molecule has 0 heterocycles. The average molecular weight is 196 g/mol. The van der Waals surface area contributed by atoms with E-state index in [1.165, 1.54) is 0 Å². The summed E-state index contributed by atoms with van der Waals surface area (Å²) >= 11 is 0. The first kappa shape index (κ1) is 12.7. The largest absolute Gasteiger partial charge is 0.460 e. The molecule has 0 aromatic carbocycles. The highest BCUT2D eigenvalue weighted by Gasteiger charge is 2.17. The zero-order chi connectivity index (χ0) is 11.2. The van der Waals surface area contributed by atoms with Gasteiger partial charge in [0.1, 0.15) is 11.5 Å². The van der Waals surface area contributed by atoms with Crippen molar-refractivity contribution in [1.29, 1.82) is 0 Å².